The third kappa shape index (κ3) is 3.93. The van der Waals surface area contributed by atoms with E-state index >= 15 is 0 Å². The van der Waals surface area contributed by atoms with Crippen molar-refractivity contribution in [2.45, 2.75) is 32.5 Å². The topological polar surface area (TPSA) is 78.3 Å². The number of aryl methyl sites for hydroxylation is 1. The number of hydrogen-bond donors (Lipinski definition) is 1. The fraction of sp³-hybridized carbons (Fsp3) is 0.471. The van der Waals surface area contributed by atoms with Gasteiger partial charge in [0.1, 0.15) is 18.1 Å². The Bertz CT molecular complexity index is 777. The van der Waals surface area contributed by atoms with Crippen LogP contribution in [0, 0.1) is 0 Å². The van der Waals surface area contributed by atoms with Gasteiger partial charge in [-0.1, -0.05) is 11.6 Å². The van der Waals surface area contributed by atoms with Gasteiger partial charge in [-0.3, -0.25) is 14.5 Å². The van der Waals surface area contributed by atoms with E-state index in [1.54, 1.807) is 24.0 Å². The number of fused-ring (bicyclic) bond motifs is 1. The molecule has 0 bridgehead atoms. The first kappa shape index (κ1) is 17.7. The first-order chi connectivity index (χ1) is 12.0. The van der Waals surface area contributed by atoms with E-state index < -0.39 is 0 Å². The molecule has 0 aliphatic carbocycles. The molecule has 7 nitrogen and oxygen atoms in total. The van der Waals surface area contributed by atoms with Crippen LogP contribution in [0.15, 0.2) is 18.5 Å². The maximum Gasteiger partial charge on any atom is 0.269 e. The summed E-state index contributed by atoms with van der Waals surface area (Å²) in [6.07, 6.45) is 3.75. The molecule has 2 atom stereocenters. The molecular weight excluding hydrogens is 344 g/mol. The normalized spacial score (nSPS) is 19.4. The number of ether oxygens (including phenoxy) is 2. The summed E-state index contributed by atoms with van der Waals surface area (Å²) < 4.78 is 12.9. The minimum absolute atomic E-state index is 0.0666. The summed E-state index contributed by atoms with van der Waals surface area (Å²) in [6.45, 7) is 4.65. The second-order valence-electron chi connectivity index (χ2n) is 6.07. The van der Waals surface area contributed by atoms with Crippen molar-refractivity contribution in [2.75, 3.05) is 13.2 Å². The van der Waals surface area contributed by atoms with Gasteiger partial charge in [-0.25, -0.2) is 0 Å². The minimum Gasteiger partial charge on any atom is -0.490 e. The monoisotopic (exact) mass is 364 g/mol. The standard InChI is InChI=1S/C17H21ClN4O3/c1-10-6-14-15(11(2)25-10)21-22(3)16(14)17(23)20-4-5-24-13-7-12(18)8-19-9-13/h7-11H,4-6H2,1-3H3,(H,20,23)/t10-,11+/m1/s1. The Morgan fingerprint density at radius 3 is 3.04 bits per heavy atom. The van der Waals surface area contributed by atoms with Crippen LogP contribution in [0.5, 0.6) is 5.75 Å². The maximum absolute atomic E-state index is 12.6. The van der Waals surface area contributed by atoms with Crippen molar-refractivity contribution < 1.29 is 14.3 Å². The molecule has 1 aliphatic rings. The molecule has 0 fully saturated rings. The lowest BCUT2D eigenvalue weighted by molar-refractivity contribution is -0.00710. The molecule has 0 spiro atoms. The Hall–Kier alpha value is -2.12. The number of rotatable bonds is 5. The molecular formula is C17H21ClN4O3. The average Bonchev–Trinajstić information content (AvgIpc) is 2.88. The molecule has 8 heteroatoms. The molecule has 2 aromatic heterocycles. The van der Waals surface area contributed by atoms with E-state index in [1.807, 2.05) is 13.8 Å². The van der Waals surface area contributed by atoms with Gasteiger partial charge in [0.05, 0.1) is 35.7 Å². The molecule has 1 aliphatic heterocycles. The smallest absolute Gasteiger partial charge is 0.269 e. The number of hydrogen-bond acceptors (Lipinski definition) is 5. The van der Waals surface area contributed by atoms with Crippen LogP contribution >= 0.6 is 11.6 Å². The number of carbonyl (C=O) groups excluding carboxylic acids is 1. The summed E-state index contributed by atoms with van der Waals surface area (Å²) in [5.74, 6) is 0.407. The lowest BCUT2D eigenvalue weighted by atomic mass is 9.99. The van der Waals surface area contributed by atoms with Gasteiger partial charge in [0.25, 0.3) is 5.91 Å². The van der Waals surface area contributed by atoms with Crippen molar-refractivity contribution >= 4 is 17.5 Å². The van der Waals surface area contributed by atoms with Gasteiger partial charge < -0.3 is 14.8 Å². The summed E-state index contributed by atoms with van der Waals surface area (Å²) in [5.41, 5.74) is 2.39. The number of nitrogens with zero attached hydrogens (tertiary/aromatic N) is 3. The van der Waals surface area contributed by atoms with E-state index in [0.29, 0.717) is 36.0 Å². The highest BCUT2D eigenvalue weighted by molar-refractivity contribution is 6.30. The molecule has 0 saturated heterocycles. The molecule has 3 rings (SSSR count). The van der Waals surface area contributed by atoms with E-state index in [0.717, 1.165) is 11.3 Å². The Labute approximate surface area is 151 Å². The minimum atomic E-state index is -0.162. The summed E-state index contributed by atoms with van der Waals surface area (Å²) in [6, 6.07) is 1.68. The van der Waals surface area contributed by atoms with Gasteiger partial charge in [0.15, 0.2) is 0 Å². The van der Waals surface area contributed by atoms with Gasteiger partial charge in [-0.05, 0) is 13.8 Å². The lowest BCUT2D eigenvalue weighted by Gasteiger charge is -2.24. The zero-order chi connectivity index (χ0) is 18.0. The molecule has 2 aromatic rings. The van der Waals surface area contributed by atoms with E-state index in [4.69, 9.17) is 21.1 Å². The van der Waals surface area contributed by atoms with Crippen LogP contribution in [-0.4, -0.2) is 39.9 Å². The van der Waals surface area contributed by atoms with Crippen molar-refractivity contribution in [3.63, 3.8) is 0 Å². The lowest BCUT2D eigenvalue weighted by Crippen LogP contribution is -2.31. The fourth-order valence-electron chi connectivity index (χ4n) is 3.04. The zero-order valence-corrected chi connectivity index (χ0v) is 15.2. The summed E-state index contributed by atoms with van der Waals surface area (Å²) in [4.78, 5) is 16.5. The van der Waals surface area contributed by atoms with Gasteiger partial charge >= 0.3 is 0 Å². The van der Waals surface area contributed by atoms with Crippen molar-refractivity contribution in [2.24, 2.45) is 7.05 Å². The summed E-state index contributed by atoms with van der Waals surface area (Å²) in [7, 11) is 1.78. The average molecular weight is 365 g/mol. The van der Waals surface area contributed by atoms with Crippen LogP contribution in [-0.2, 0) is 18.2 Å². The van der Waals surface area contributed by atoms with E-state index in [1.165, 1.54) is 6.20 Å². The number of aromatic nitrogens is 3. The highest BCUT2D eigenvalue weighted by atomic mass is 35.5. The summed E-state index contributed by atoms with van der Waals surface area (Å²) >= 11 is 5.85. The van der Waals surface area contributed by atoms with Crippen LogP contribution < -0.4 is 10.1 Å². The molecule has 3 heterocycles. The van der Waals surface area contributed by atoms with E-state index in [9.17, 15) is 4.79 Å². The molecule has 1 amide bonds. The highest BCUT2D eigenvalue weighted by Gasteiger charge is 2.31. The van der Waals surface area contributed by atoms with Crippen LogP contribution in [0.2, 0.25) is 5.02 Å². The Morgan fingerprint density at radius 1 is 1.48 bits per heavy atom. The predicted molar refractivity (Wildman–Crippen MR) is 92.9 cm³/mol. The third-order valence-corrected chi connectivity index (χ3v) is 4.25. The quantitative estimate of drug-likeness (QED) is 0.823. The number of nitrogens with one attached hydrogen (secondary N) is 1. The molecule has 0 unspecified atom stereocenters. The second kappa shape index (κ2) is 7.41. The van der Waals surface area contributed by atoms with Crippen molar-refractivity contribution in [3.05, 3.63) is 40.4 Å². The third-order valence-electron chi connectivity index (χ3n) is 4.04. The second-order valence-corrected chi connectivity index (χ2v) is 6.51. The van der Waals surface area contributed by atoms with Gasteiger partial charge in [0.2, 0.25) is 0 Å². The molecule has 0 saturated carbocycles. The Morgan fingerprint density at radius 2 is 2.28 bits per heavy atom. The molecule has 134 valence electrons. The van der Waals surface area contributed by atoms with Crippen LogP contribution in [0.3, 0.4) is 0 Å². The van der Waals surface area contributed by atoms with Crippen molar-refractivity contribution in [3.8, 4) is 5.75 Å². The van der Waals surface area contributed by atoms with Crippen molar-refractivity contribution in [1.29, 1.82) is 0 Å². The number of carbonyl (C=O) groups is 1. The largest absolute Gasteiger partial charge is 0.490 e. The van der Waals surface area contributed by atoms with Crippen LogP contribution in [0.25, 0.3) is 0 Å². The molecule has 25 heavy (non-hydrogen) atoms. The first-order valence-corrected chi connectivity index (χ1v) is 8.56. The zero-order valence-electron chi connectivity index (χ0n) is 14.5. The highest BCUT2D eigenvalue weighted by Crippen LogP contribution is 2.31. The number of halogens is 1. The van der Waals surface area contributed by atoms with Gasteiger partial charge in [-0.15, -0.1) is 0 Å². The molecule has 0 aromatic carbocycles. The molecule has 1 N–H and O–H groups in total. The SMILES string of the molecule is C[C@@H]1Cc2c(nn(C)c2C(=O)NCCOc2cncc(Cl)c2)[C@H](C)O1. The number of pyridine rings is 1. The number of amides is 1. The maximum atomic E-state index is 12.6. The Kier molecular flexibility index (Phi) is 5.24. The van der Waals surface area contributed by atoms with Gasteiger partial charge in [-0.2, -0.15) is 5.10 Å². The fourth-order valence-corrected chi connectivity index (χ4v) is 3.20. The summed E-state index contributed by atoms with van der Waals surface area (Å²) in [5, 5.41) is 7.83. The predicted octanol–water partition coefficient (Wildman–Crippen LogP) is 2.30. The van der Waals surface area contributed by atoms with Crippen LogP contribution in [0.1, 0.15) is 41.7 Å². The van der Waals surface area contributed by atoms with Crippen LogP contribution in [0.4, 0.5) is 0 Å². The van der Waals surface area contributed by atoms with Gasteiger partial charge in [0, 0.05) is 31.3 Å². The first-order valence-electron chi connectivity index (χ1n) is 8.18. The van der Waals surface area contributed by atoms with E-state index in [2.05, 4.69) is 15.4 Å². The molecule has 0 radical (unpaired) electrons. The Balaban J connectivity index is 1.60. The van der Waals surface area contributed by atoms with E-state index in [-0.39, 0.29) is 18.1 Å². The van der Waals surface area contributed by atoms with Crippen molar-refractivity contribution in [1.82, 2.24) is 20.1 Å².